The van der Waals surface area contributed by atoms with Crippen LogP contribution < -0.4 is 16.0 Å². The summed E-state index contributed by atoms with van der Waals surface area (Å²) in [7, 11) is 0. The van der Waals surface area contributed by atoms with E-state index in [4.69, 9.17) is 18.9 Å². The molecule has 1 saturated heterocycles. The molecule has 0 unspecified atom stereocenters. The molecule has 2 rings (SSSR count). The van der Waals surface area contributed by atoms with E-state index >= 15 is 0 Å². The maximum Gasteiger partial charge on any atom is 0.416 e. The first-order valence-electron chi connectivity index (χ1n) is 13.0. The highest BCUT2D eigenvalue weighted by Gasteiger charge is 2.48. The van der Waals surface area contributed by atoms with Gasteiger partial charge in [-0.25, -0.2) is 19.4 Å². The minimum absolute atomic E-state index is 0.00216. The molecule has 0 radical (unpaired) electrons. The molecule has 2 aliphatic rings. The summed E-state index contributed by atoms with van der Waals surface area (Å²) in [6, 6.07) is -2.73. The molecule has 0 spiro atoms. The highest BCUT2D eigenvalue weighted by Crippen LogP contribution is 2.29. The lowest BCUT2D eigenvalue weighted by atomic mass is 9.88. The number of aliphatic hydroxyl groups is 2. The Morgan fingerprint density at radius 2 is 1.49 bits per heavy atom. The summed E-state index contributed by atoms with van der Waals surface area (Å²) in [4.78, 5) is 75.5. The Bertz CT molecular complexity index is 1070. The van der Waals surface area contributed by atoms with Crippen LogP contribution in [0.2, 0.25) is 0 Å². The molecule has 1 fully saturated rings. The molecule has 0 aliphatic carbocycles. The number of carbonyl (C=O) groups is 6. The second-order valence-corrected chi connectivity index (χ2v) is 8.88. The highest BCUT2D eigenvalue weighted by molar-refractivity contribution is 6.01. The number of carbonyl (C=O) groups excluding carboxylic acids is 5. The number of hydrogen-bond donors (Lipinski definition) is 6. The molecule has 0 aromatic heterocycles. The molecule has 240 valence electrons. The number of ether oxygens (including phenoxy) is 6. The van der Waals surface area contributed by atoms with Gasteiger partial charge in [0.15, 0.2) is 6.10 Å². The van der Waals surface area contributed by atoms with Crippen LogP contribution in [0, 0.1) is 0 Å². The summed E-state index contributed by atoms with van der Waals surface area (Å²) in [6.45, 7) is 2.49. The van der Waals surface area contributed by atoms with Crippen LogP contribution in [-0.2, 0) is 47.6 Å². The van der Waals surface area contributed by atoms with Crippen molar-refractivity contribution >= 4 is 42.0 Å². The van der Waals surface area contributed by atoms with E-state index in [1.165, 1.54) is 13.8 Å². The molecule has 2 heterocycles. The Labute approximate surface area is 244 Å². The van der Waals surface area contributed by atoms with Gasteiger partial charge in [-0.2, -0.15) is 0 Å². The van der Waals surface area contributed by atoms with Gasteiger partial charge in [0.1, 0.15) is 12.2 Å². The number of guanidine groups is 1. The summed E-state index contributed by atoms with van der Waals surface area (Å²) in [6.07, 6.45) is -7.18. The number of hydrogen-bond acceptors (Lipinski definition) is 15. The van der Waals surface area contributed by atoms with Gasteiger partial charge in [0.25, 0.3) is 0 Å². The van der Waals surface area contributed by atoms with E-state index in [9.17, 15) is 44.1 Å². The first-order chi connectivity index (χ1) is 20.4. The van der Waals surface area contributed by atoms with Gasteiger partial charge in [-0.05, 0) is 12.5 Å². The fourth-order valence-electron chi connectivity index (χ4n) is 3.74. The molecule has 3 amide bonds. The van der Waals surface area contributed by atoms with Crippen LogP contribution in [-0.4, -0.2) is 114 Å². The third kappa shape index (κ3) is 11.0. The summed E-state index contributed by atoms with van der Waals surface area (Å²) in [5.41, 5.74) is 0. The van der Waals surface area contributed by atoms with E-state index in [0.717, 1.165) is 13.0 Å². The van der Waals surface area contributed by atoms with Crippen molar-refractivity contribution in [1.82, 2.24) is 16.0 Å². The Kier molecular flexibility index (Phi) is 13.6. The van der Waals surface area contributed by atoms with E-state index in [2.05, 4.69) is 30.4 Å². The summed E-state index contributed by atoms with van der Waals surface area (Å²) < 4.78 is 29.8. The van der Waals surface area contributed by atoms with Crippen molar-refractivity contribution in [3.05, 3.63) is 11.8 Å². The van der Waals surface area contributed by atoms with Gasteiger partial charge in [0.2, 0.25) is 31.2 Å². The van der Waals surface area contributed by atoms with Crippen LogP contribution in [0.3, 0.4) is 0 Å². The van der Waals surface area contributed by atoms with Crippen molar-refractivity contribution in [1.29, 1.82) is 0 Å². The molecule has 19 nitrogen and oxygen atoms in total. The largest absolute Gasteiger partial charge is 0.478 e. The fraction of sp³-hybridized carbons (Fsp3) is 0.625. The van der Waals surface area contributed by atoms with Gasteiger partial charge in [0, 0.05) is 26.4 Å². The highest BCUT2D eigenvalue weighted by atomic mass is 16.7. The van der Waals surface area contributed by atoms with Crippen molar-refractivity contribution in [2.45, 2.75) is 76.5 Å². The maximum atomic E-state index is 12.4. The average Bonchev–Trinajstić information content (AvgIpc) is 2.94. The summed E-state index contributed by atoms with van der Waals surface area (Å²) in [5.74, 6) is -4.99. The molecule has 2 aliphatic heterocycles. The first-order valence-corrected chi connectivity index (χ1v) is 13.0. The Morgan fingerprint density at radius 1 is 0.930 bits per heavy atom. The van der Waals surface area contributed by atoms with Crippen LogP contribution in [0.1, 0.15) is 40.0 Å². The second-order valence-electron chi connectivity index (χ2n) is 8.88. The van der Waals surface area contributed by atoms with Crippen molar-refractivity contribution in [3.63, 3.8) is 0 Å². The van der Waals surface area contributed by atoms with Crippen LogP contribution in [0.4, 0.5) is 9.59 Å². The second kappa shape index (κ2) is 16.8. The number of aliphatic imine (C=N–C) groups is 1. The van der Waals surface area contributed by atoms with Crippen molar-refractivity contribution in [3.8, 4) is 0 Å². The number of nitrogens with one attached hydrogen (secondary N) is 3. The molecule has 0 bridgehead atoms. The number of rotatable bonds is 10. The van der Waals surface area contributed by atoms with Gasteiger partial charge in [-0.15, -0.1) is 0 Å². The van der Waals surface area contributed by atoms with Crippen LogP contribution in [0.25, 0.3) is 0 Å². The third-order valence-electron chi connectivity index (χ3n) is 5.78. The molecular formula is C24H34N4O15. The zero-order valence-electron chi connectivity index (χ0n) is 23.5. The van der Waals surface area contributed by atoms with E-state index in [1.807, 2.05) is 0 Å². The topological polar surface area (TPSA) is 267 Å². The third-order valence-corrected chi connectivity index (χ3v) is 5.78. The summed E-state index contributed by atoms with van der Waals surface area (Å²) >= 11 is 0. The van der Waals surface area contributed by atoms with E-state index in [-0.39, 0.29) is 25.9 Å². The summed E-state index contributed by atoms with van der Waals surface area (Å²) in [5, 5.41) is 37.0. The zero-order valence-corrected chi connectivity index (χ0v) is 23.5. The smallest absolute Gasteiger partial charge is 0.416 e. The number of carboxylic acid groups (broad SMARTS) is 1. The predicted molar refractivity (Wildman–Crippen MR) is 138 cm³/mol. The molecule has 0 saturated carbocycles. The van der Waals surface area contributed by atoms with Crippen molar-refractivity contribution < 1.29 is 72.5 Å². The molecule has 6 atom stereocenters. The Hall–Kier alpha value is -4.49. The van der Waals surface area contributed by atoms with Gasteiger partial charge < -0.3 is 49.1 Å². The van der Waals surface area contributed by atoms with Crippen LogP contribution in [0.15, 0.2) is 16.8 Å². The first kappa shape index (κ1) is 34.7. The molecule has 0 aromatic rings. The van der Waals surface area contributed by atoms with Crippen molar-refractivity contribution in [2.75, 3.05) is 20.2 Å². The Balaban J connectivity index is 2.43. The number of aliphatic hydroxyl groups excluding tert-OH is 2. The van der Waals surface area contributed by atoms with Crippen molar-refractivity contribution in [2.24, 2.45) is 4.99 Å². The normalized spacial score (nSPS) is 24.5. The molecule has 0 aromatic carbocycles. The molecule has 19 heteroatoms. The monoisotopic (exact) mass is 618 g/mol. The minimum Gasteiger partial charge on any atom is -0.478 e. The zero-order chi connectivity index (χ0) is 32.1. The number of alkyl carbamates (subject to hydrolysis) is 2. The molecular weight excluding hydrogens is 584 g/mol. The Morgan fingerprint density at radius 3 is 1.98 bits per heavy atom. The van der Waals surface area contributed by atoms with Gasteiger partial charge in [-0.1, -0.05) is 13.8 Å². The molecule has 43 heavy (non-hydrogen) atoms. The fourth-order valence-corrected chi connectivity index (χ4v) is 3.74. The lowest BCUT2D eigenvalue weighted by Crippen LogP contribution is -2.62. The number of nitrogens with zero attached hydrogens (tertiary/aromatic N) is 1. The lowest BCUT2D eigenvalue weighted by molar-refractivity contribution is -0.185. The average molecular weight is 619 g/mol. The van der Waals surface area contributed by atoms with E-state index < -0.39 is 97.8 Å². The number of esters is 2. The molecule has 6 N–H and O–H groups in total. The van der Waals surface area contributed by atoms with Gasteiger partial charge in [0.05, 0.1) is 18.2 Å². The van der Waals surface area contributed by atoms with E-state index in [0.29, 0.717) is 0 Å². The van der Waals surface area contributed by atoms with Gasteiger partial charge >= 0.3 is 30.1 Å². The van der Waals surface area contributed by atoms with E-state index in [1.54, 1.807) is 0 Å². The predicted octanol–water partition coefficient (Wildman–Crippen LogP) is -1.63. The van der Waals surface area contributed by atoms with Crippen LogP contribution in [0.5, 0.6) is 0 Å². The lowest BCUT2D eigenvalue weighted by Gasteiger charge is -2.43. The number of amides is 3. The van der Waals surface area contributed by atoms with Gasteiger partial charge in [-0.3, -0.25) is 25.0 Å². The maximum absolute atomic E-state index is 12.4. The minimum atomic E-state index is -1.57. The standard InChI is InChI=1S/C24H34N4O15/c1-4-15(31)39-9-41-23(36)27-22(28-24(37)42-10-40-16(32)5-2)26-12-8-14(21(34)35)43-19(17(12)25-11(3)29)20-18(33)13(30)6-7-38-20/h8,12-13,17-20,30,33H,4-7,9-10H2,1-3H3,(H,25,29)(H,34,35)(H2,26,27,28,36,37)/t12-,13+,17+,18+,19+,20+/m0/s1. The quantitative estimate of drug-likeness (QED) is 0.0694. The SMILES string of the molecule is CCC(=O)OCOC(=O)NC(=N[C@H]1C=C(C(=O)O)O[C@@H]([C@@H]2OCC[C@@H](O)[C@H]2O)[C@@H]1NC(C)=O)NC(=O)OCOC(=O)CC. The van der Waals surface area contributed by atoms with Crippen LogP contribution >= 0.6 is 0 Å². The number of aliphatic carboxylic acids is 1. The number of carboxylic acids is 1.